The zero-order chi connectivity index (χ0) is 19.9. The Hall–Kier alpha value is -1.19. The topological polar surface area (TPSA) is 50.3 Å². The Kier molecular flexibility index (Phi) is 5.68. The number of hydrogen-bond donors (Lipinski definition) is 0. The number of benzene rings is 1. The molecule has 0 N–H and O–H groups in total. The Morgan fingerprint density at radius 3 is 2.68 bits per heavy atom. The summed E-state index contributed by atoms with van der Waals surface area (Å²) in [5.74, 6) is 0.448. The number of aromatic nitrogens is 1. The van der Waals surface area contributed by atoms with Crippen molar-refractivity contribution in [3.8, 4) is 0 Å². The molecule has 4 nitrogen and oxygen atoms in total. The van der Waals surface area contributed by atoms with E-state index in [0.717, 1.165) is 39.6 Å². The van der Waals surface area contributed by atoms with E-state index >= 15 is 0 Å². The van der Waals surface area contributed by atoms with E-state index in [-0.39, 0.29) is 5.92 Å². The van der Waals surface area contributed by atoms with Crippen molar-refractivity contribution in [1.82, 2.24) is 9.29 Å². The Morgan fingerprint density at radius 2 is 2.00 bits per heavy atom. The van der Waals surface area contributed by atoms with Gasteiger partial charge in [0.15, 0.2) is 0 Å². The van der Waals surface area contributed by atoms with Crippen LogP contribution in [0.25, 0.3) is 11.5 Å². The van der Waals surface area contributed by atoms with Crippen molar-refractivity contribution in [2.24, 2.45) is 5.92 Å². The second kappa shape index (κ2) is 7.92. The van der Waals surface area contributed by atoms with Crippen molar-refractivity contribution in [3.05, 3.63) is 64.5 Å². The number of fused-ring (bicyclic) bond motifs is 2. The quantitative estimate of drug-likeness (QED) is 0.363. The van der Waals surface area contributed by atoms with Crippen LogP contribution in [0.3, 0.4) is 0 Å². The second-order valence-electron chi connectivity index (χ2n) is 7.61. The maximum atomic E-state index is 11.9. The third kappa shape index (κ3) is 3.81. The highest BCUT2D eigenvalue weighted by molar-refractivity contribution is 14.1. The minimum Gasteiger partial charge on any atom is -0.260 e. The fourth-order valence-electron chi connectivity index (χ4n) is 4.44. The van der Waals surface area contributed by atoms with E-state index in [9.17, 15) is 8.42 Å². The molecular formula is C21H22BIN2O2S. The molecule has 28 heavy (non-hydrogen) atoms. The molecule has 0 bridgehead atoms. The van der Waals surface area contributed by atoms with Gasteiger partial charge in [-0.3, -0.25) is 4.98 Å². The Morgan fingerprint density at radius 1 is 1.25 bits per heavy atom. The molecule has 4 rings (SSSR count). The SMILES string of the molecule is [B]C1=Cc2cc(CI)ccc2C(C2CCN(S(C)(=O)=O)CC2)c2ncccc21. The van der Waals surface area contributed by atoms with Crippen LogP contribution in [-0.4, -0.2) is 44.9 Å². The summed E-state index contributed by atoms with van der Waals surface area (Å²) in [6.07, 6.45) is 6.83. The lowest BCUT2D eigenvalue weighted by Gasteiger charge is -2.35. The van der Waals surface area contributed by atoms with Crippen LogP contribution in [0.5, 0.6) is 0 Å². The van der Waals surface area contributed by atoms with E-state index in [1.807, 2.05) is 18.3 Å². The smallest absolute Gasteiger partial charge is 0.211 e. The molecule has 2 aromatic rings. The average molecular weight is 504 g/mol. The Labute approximate surface area is 182 Å². The highest BCUT2D eigenvalue weighted by Crippen LogP contribution is 2.44. The van der Waals surface area contributed by atoms with Crippen LogP contribution in [0.4, 0.5) is 0 Å². The van der Waals surface area contributed by atoms with Crippen LogP contribution < -0.4 is 0 Å². The van der Waals surface area contributed by atoms with Crippen molar-refractivity contribution in [3.63, 3.8) is 0 Å². The third-order valence-electron chi connectivity index (χ3n) is 5.83. The number of rotatable bonds is 3. The highest BCUT2D eigenvalue weighted by Gasteiger charge is 2.35. The minimum absolute atomic E-state index is 0.119. The van der Waals surface area contributed by atoms with Crippen molar-refractivity contribution in [2.75, 3.05) is 19.3 Å². The van der Waals surface area contributed by atoms with Crippen molar-refractivity contribution >= 4 is 52.0 Å². The molecule has 1 aromatic heterocycles. The molecule has 1 unspecified atom stereocenters. The van der Waals surface area contributed by atoms with Gasteiger partial charge < -0.3 is 0 Å². The molecule has 1 fully saturated rings. The number of pyridine rings is 1. The summed E-state index contributed by atoms with van der Waals surface area (Å²) in [5.41, 5.74) is 6.41. The summed E-state index contributed by atoms with van der Waals surface area (Å²) in [6, 6.07) is 10.6. The molecule has 0 amide bonds. The maximum Gasteiger partial charge on any atom is 0.211 e. The monoisotopic (exact) mass is 504 g/mol. The summed E-state index contributed by atoms with van der Waals surface area (Å²) in [7, 11) is 3.32. The van der Waals surface area contributed by atoms with Gasteiger partial charge in [-0.15, -0.1) is 0 Å². The third-order valence-corrected chi connectivity index (χ3v) is 8.02. The molecule has 144 valence electrons. The molecule has 2 heterocycles. The Balaban J connectivity index is 1.79. The van der Waals surface area contributed by atoms with Crippen LogP contribution in [0.2, 0.25) is 0 Å². The van der Waals surface area contributed by atoms with Gasteiger partial charge in [-0.1, -0.05) is 58.4 Å². The van der Waals surface area contributed by atoms with Crippen molar-refractivity contribution < 1.29 is 8.42 Å². The van der Waals surface area contributed by atoms with Crippen molar-refractivity contribution in [2.45, 2.75) is 23.2 Å². The zero-order valence-electron chi connectivity index (χ0n) is 15.8. The van der Waals surface area contributed by atoms with E-state index in [4.69, 9.17) is 12.8 Å². The summed E-state index contributed by atoms with van der Waals surface area (Å²) in [4.78, 5) is 4.74. The lowest BCUT2D eigenvalue weighted by molar-refractivity contribution is 0.256. The predicted octanol–water partition coefficient (Wildman–Crippen LogP) is 3.80. The van der Waals surface area contributed by atoms with Gasteiger partial charge >= 0.3 is 0 Å². The van der Waals surface area contributed by atoms with E-state index < -0.39 is 10.0 Å². The lowest BCUT2D eigenvalue weighted by Crippen LogP contribution is -2.39. The standard InChI is InChI=1S/C21H22BIN2O2S/c1-28(26,27)25-9-6-15(7-10-25)20-17-5-4-14(13-23)11-16(17)12-19(22)18-3-2-8-24-21(18)20/h2-5,8,11-12,15,20H,6-7,9-10,13H2,1H3. The van der Waals surface area contributed by atoms with E-state index in [1.54, 1.807) is 4.31 Å². The van der Waals surface area contributed by atoms with Gasteiger partial charge in [-0.2, -0.15) is 0 Å². The summed E-state index contributed by atoms with van der Waals surface area (Å²) >= 11 is 2.37. The predicted molar refractivity (Wildman–Crippen MR) is 123 cm³/mol. The largest absolute Gasteiger partial charge is 0.260 e. The first-order valence-corrected chi connectivity index (χ1v) is 12.8. The van der Waals surface area contributed by atoms with Gasteiger partial charge in [0.05, 0.1) is 11.9 Å². The van der Waals surface area contributed by atoms with Gasteiger partial charge in [0.1, 0.15) is 7.85 Å². The number of nitrogens with zero attached hydrogens (tertiary/aromatic N) is 2. The molecular weight excluding hydrogens is 482 g/mol. The van der Waals surface area contributed by atoms with Crippen LogP contribution in [0.15, 0.2) is 36.5 Å². The normalized spacial score (nSPS) is 20.8. The summed E-state index contributed by atoms with van der Waals surface area (Å²) in [6.45, 7) is 1.12. The van der Waals surface area contributed by atoms with Crippen LogP contribution in [-0.2, 0) is 14.5 Å². The number of halogens is 1. The minimum atomic E-state index is -3.14. The summed E-state index contributed by atoms with van der Waals surface area (Å²) in [5, 5.41) is 0. The fraction of sp³-hybridized carbons (Fsp3) is 0.381. The van der Waals surface area contributed by atoms with Gasteiger partial charge in [0.2, 0.25) is 10.0 Å². The summed E-state index contributed by atoms with van der Waals surface area (Å²) < 4.78 is 26.4. The lowest BCUT2D eigenvalue weighted by atomic mass is 9.76. The van der Waals surface area contributed by atoms with Crippen LogP contribution in [0.1, 0.15) is 46.7 Å². The first-order chi connectivity index (χ1) is 13.4. The molecule has 1 aliphatic heterocycles. The highest BCUT2D eigenvalue weighted by atomic mass is 127. The van der Waals surface area contributed by atoms with Gasteiger partial charge in [-0.25, -0.2) is 12.7 Å². The average Bonchev–Trinajstić information content (AvgIpc) is 2.81. The van der Waals surface area contributed by atoms with Crippen molar-refractivity contribution in [1.29, 1.82) is 0 Å². The van der Waals surface area contributed by atoms with E-state index in [2.05, 4.69) is 46.9 Å². The van der Waals surface area contributed by atoms with Gasteiger partial charge in [-0.05, 0) is 47.1 Å². The molecule has 1 saturated heterocycles. The first-order valence-electron chi connectivity index (χ1n) is 9.45. The molecule has 1 aliphatic carbocycles. The van der Waals surface area contributed by atoms with E-state index in [0.29, 0.717) is 19.0 Å². The molecule has 0 saturated carbocycles. The zero-order valence-corrected chi connectivity index (χ0v) is 18.8. The van der Waals surface area contributed by atoms with E-state index in [1.165, 1.54) is 17.4 Å². The molecule has 7 heteroatoms. The number of sulfonamides is 1. The molecule has 2 radical (unpaired) electrons. The number of piperidine rings is 1. The first kappa shape index (κ1) is 20.1. The number of alkyl halides is 1. The van der Waals surface area contributed by atoms with Crippen LogP contribution in [0, 0.1) is 5.92 Å². The fourth-order valence-corrected chi connectivity index (χ4v) is 5.78. The number of hydrogen-bond acceptors (Lipinski definition) is 3. The van der Waals surface area contributed by atoms with Crippen LogP contribution >= 0.6 is 22.6 Å². The second-order valence-corrected chi connectivity index (χ2v) is 10.4. The molecule has 2 aliphatic rings. The maximum absolute atomic E-state index is 11.9. The Bertz CT molecular complexity index is 1030. The van der Waals surface area contributed by atoms with Gasteiger partial charge in [0.25, 0.3) is 0 Å². The van der Waals surface area contributed by atoms with Gasteiger partial charge in [0, 0.05) is 29.6 Å². The molecule has 1 aromatic carbocycles. The molecule has 1 atom stereocenters. The molecule has 0 spiro atoms.